The van der Waals surface area contributed by atoms with Gasteiger partial charge < -0.3 is 14.3 Å². The van der Waals surface area contributed by atoms with Gasteiger partial charge in [-0.3, -0.25) is 4.79 Å². The molecule has 84 valence electrons. The second-order valence-corrected chi connectivity index (χ2v) is 4.88. The van der Waals surface area contributed by atoms with Gasteiger partial charge in [-0.25, -0.2) is 0 Å². The van der Waals surface area contributed by atoms with Gasteiger partial charge >= 0.3 is 5.97 Å². The number of quaternary nitrogens is 1. The molecule has 0 aromatic carbocycles. The smallest absolute Gasteiger partial charge is 0.306 e. The van der Waals surface area contributed by atoms with Crippen molar-refractivity contribution in [3.63, 3.8) is 0 Å². The van der Waals surface area contributed by atoms with E-state index in [0.29, 0.717) is 11.0 Å². The molecule has 0 saturated carbocycles. The Balaban J connectivity index is 4.17. The van der Waals surface area contributed by atoms with Crippen LogP contribution in [-0.4, -0.2) is 55.5 Å². The SMILES string of the molecule is CC(C)O[C@H](CC(=O)O)C[N+](C)(C)C. The molecular formula is C10H22NO3+. The summed E-state index contributed by atoms with van der Waals surface area (Å²) in [5.74, 6) is -0.802. The predicted octanol–water partition coefficient (Wildman–Crippen LogP) is 0.961. The van der Waals surface area contributed by atoms with E-state index in [9.17, 15) is 4.79 Å². The van der Waals surface area contributed by atoms with Gasteiger partial charge in [-0.15, -0.1) is 0 Å². The molecule has 0 fully saturated rings. The van der Waals surface area contributed by atoms with E-state index in [1.54, 1.807) is 0 Å². The van der Waals surface area contributed by atoms with Gasteiger partial charge in [0.15, 0.2) is 0 Å². The van der Waals surface area contributed by atoms with Crippen LogP contribution in [0, 0.1) is 0 Å². The fraction of sp³-hybridized carbons (Fsp3) is 0.900. The van der Waals surface area contributed by atoms with Crippen LogP contribution in [0.5, 0.6) is 0 Å². The molecule has 0 aromatic heterocycles. The van der Waals surface area contributed by atoms with E-state index in [0.717, 1.165) is 0 Å². The molecular weight excluding hydrogens is 182 g/mol. The predicted molar refractivity (Wildman–Crippen MR) is 55.2 cm³/mol. The number of nitrogens with zero attached hydrogens (tertiary/aromatic N) is 1. The number of likely N-dealkylation sites (N-methyl/N-ethyl adjacent to an activating group) is 1. The number of carboxylic acid groups (broad SMARTS) is 1. The summed E-state index contributed by atoms with van der Waals surface area (Å²) in [5, 5.41) is 8.71. The maximum absolute atomic E-state index is 10.6. The Morgan fingerprint density at radius 2 is 1.86 bits per heavy atom. The van der Waals surface area contributed by atoms with Gasteiger partial charge in [0.25, 0.3) is 0 Å². The molecule has 1 atom stereocenters. The van der Waals surface area contributed by atoms with Crippen molar-refractivity contribution in [2.45, 2.75) is 32.5 Å². The third-order valence-electron chi connectivity index (χ3n) is 1.62. The summed E-state index contributed by atoms with van der Waals surface area (Å²) in [4.78, 5) is 10.6. The lowest BCUT2D eigenvalue weighted by molar-refractivity contribution is -0.873. The third kappa shape index (κ3) is 8.01. The molecule has 0 aromatic rings. The first-order valence-corrected chi connectivity index (χ1v) is 4.88. The van der Waals surface area contributed by atoms with Gasteiger partial charge in [0.2, 0.25) is 0 Å². The highest BCUT2D eigenvalue weighted by Crippen LogP contribution is 2.07. The summed E-state index contributed by atoms with van der Waals surface area (Å²) in [6, 6.07) is 0. The molecule has 14 heavy (non-hydrogen) atoms. The van der Waals surface area contributed by atoms with Gasteiger partial charge in [-0.2, -0.15) is 0 Å². The van der Waals surface area contributed by atoms with Crippen molar-refractivity contribution in [2.24, 2.45) is 0 Å². The molecule has 1 N–H and O–H groups in total. The molecule has 0 spiro atoms. The van der Waals surface area contributed by atoms with E-state index in [1.165, 1.54) is 0 Å². The Morgan fingerprint density at radius 3 is 2.14 bits per heavy atom. The summed E-state index contributed by atoms with van der Waals surface area (Å²) in [7, 11) is 6.08. The van der Waals surface area contributed by atoms with Crippen molar-refractivity contribution in [2.75, 3.05) is 27.7 Å². The number of hydrogen-bond donors (Lipinski definition) is 1. The zero-order chi connectivity index (χ0) is 11.4. The molecule has 0 aliphatic carbocycles. The maximum Gasteiger partial charge on any atom is 0.306 e. The second-order valence-electron chi connectivity index (χ2n) is 4.88. The molecule has 0 heterocycles. The molecule has 4 nitrogen and oxygen atoms in total. The minimum absolute atomic E-state index is 0.0749. The van der Waals surface area contributed by atoms with Gasteiger partial charge in [-0.1, -0.05) is 0 Å². The Kier molecular flexibility index (Phi) is 5.08. The Labute approximate surface area is 86.1 Å². The number of aliphatic carboxylic acids is 1. The molecule has 0 amide bonds. The first-order chi connectivity index (χ1) is 6.20. The lowest BCUT2D eigenvalue weighted by Crippen LogP contribution is -2.43. The van der Waals surface area contributed by atoms with Crippen molar-refractivity contribution in [1.82, 2.24) is 0 Å². The van der Waals surface area contributed by atoms with Crippen molar-refractivity contribution in [3.8, 4) is 0 Å². The zero-order valence-electron chi connectivity index (χ0n) is 9.78. The molecule has 0 rings (SSSR count). The molecule has 0 saturated heterocycles. The van der Waals surface area contributed by atoms with Crippen molar-refractivity contribution in [3.05, 3.63) is 0 Å². The van der Waals surface area contributed by atoms with Gasteiger partial charge in [0.05, 0.1) is 33.7 Å². The minimum atomic E-state index is -0.802. The van der Waals surface area contributed by atoms with Crippen LogP contribution >= 0.6 is 0 Å². The van der Waals surface area contributed by atoms with E-state index in [1.807, 2.05) is 35.0 Å². The fourth-order valence-electron chi connectivity index (χ4n) is 1.35. The molecule has 4 heteroatoms. The average molecular weight is 204 g/mol. The first-order valence-electron chi connectivity index (χ1n) is 4.88. The number of rotatable bonds is 6. The van der Waals surface area contributed by atoms with Crippen LogP contribution in [0.3, 0.4) is 0 Å². The second kappa shape index (κ2) is 5.32. The van der Waals surface area contributed by atoms with E-state index in [2.05, 4.69) is 0 Å². The van der Waals surface area contributed by atoms with Crippen LogP contribution in [0.15, 0.2) is 0 Å². The third-order valence-corrected chi connectivity index (χ3v) is 1.62. The zero-order valence-corrected chi connectivity index (χ0v) is 9.78. The standard InChI is InChI=1S/C10H21NO3/c1-8(2)14-9(6-10(12)13)7-11(3,4)5/h8-9H,6-7H2,1-5H3/p+1/t9-/m1/s1. The normalized spacial score (nSPS) is 14.4. The van der Waals surface area contributed by atoms with E-state index in [-0.39, 0.29) is 18.6 Å². The molecule has 0 aliphatic heterocycles. The minimum Gasteiger partial charge on any atom is -0.481 e. The number of carbonyl (C=O) groups is 1. The van der Waals surface area contributed by atoms with E-state index in [4.69, 9.17) is 9.84 Å². The van der Waals surface area contributed by atoms with Gasteiger partial charge in [0, 0.05) is 0 Å². The van der Waals surface area contributed by atoms with E-state index >= 15 is 0 Å². The largest absolute Gasteiger partial charge is 0.481 e. The van der Waals surface area contributed by atoms with Crippen LogP contribution in [0.2, 0.25) is 0 Å². The Morgan fingerprint density at radius 1 is 1.36 bits per heavy atom. The number of hydrogen-bond acceptors (Lipinski definition) is 2. The number of carboxylic acids is 1. The van der Waals surface area contributed by atoms with Gasteiger partial charge in [0.1, 0.15) is 12.6 Å². The Hall–Kier alpha value is -0.610. The van der Waals surface area contributed by atoms with Crippen molar-refractivity contribution < 1.29 is 19.1 Å². The summed E-state index contributed by atoms with van der Waals surface area (Å²) in [6.45, 7) is 4.56. The number of ether oxygens (including phenoxy) is 1. The van der Waals surface area contributed by atoms with Crippen LogP contribution in [0.25, 0.3) is 0 Å². The highest BCUT2D eigenvalue weighted by atomic mass is 16.5. The van der Waals surface area contributed by atoms with Gasteiger partial charge in [-0.05, 0) is 13.8 Å². The average Bonchev–Trinajstić information content (AvgIpc) is 1.77. The van der Waals surface area contributed by atoms with E-state index < -0.39 is 5.97 Å². The summed E-state index contributed by atoms with van der Waals surface area (Å²) < 4.78 is 6.25. The lowest BCUT2D eigenvalue weighted by Gasteiger charge is -2.29. The van der Waals surface area contributed by atoms with Crippen LogP contribution in [-0.2, 0) is 9.53 Å². The maximum atomic E-state index is 10.6. The van der Waals surface area contributed by atoms with Crippen LogP contribution in [0.1, 0.15) is 20.3 Å². The van der Waals surface area contributed by atoms with Crippen molar-refractivity contribution in [1.29, 1.82) is 0 Å². The summed E-state index contributed by atoms with van der Waals surface area (Å²) in [5.41, 5.74) is 0. The fourth-order valence-corrected chi connectivity index (χ4v) is 1.35. The highest BCUT2D eigenvalue weighted by Gasteiger charge is 2.22. The molecule has 0 radical (unpaired) electrons. The highest BCUT2D eigenvalue weighted by molar-refractivity contribution is 5.67. The summed E-state index contributed by atoms with van der Waals surface area (Å²) in [6.07, 6.45) is -0.0494. The lowest BCUT2D eigenvalue weighted by atomic mass is 10.2. The van der Waals surface area contributed by atoms with Crippen LogP contribution < -0.4 is 0 Å². The summed E-state index contributed by atoms with van der Waals surface area (Å²) >= 11 is 0. The molecule has 0 bridgehead atoms. The van der Waals surface area contributed by atoms with Crippen molar-refractivity contribution >= 4 is 5.97 Å². The Bertz CT molecular complexity index is 184. The monoisotopic (exact) mass is 204 g/mol. The van der Waals surface area contributed by atoms with Crippen LogP contribution in [0.4, 0.5) is 0 Å². The molecule has 0 unspecified atom stereocenters. The molecule has 0 aliphatic rings. The first kappa shape index (κ1) is 13.4. The topological polar surface area (TPSA) is 46.5 Å². The quantitative estimate of drug-likeness (QED) is 0.656.